The van der Waals surface area contributed by atoms with Gasteiger partial charge in [0.1, 0.15) is 0 Å². The molecule has 39 heavy (non-hydrogen) atoms. The summed E-state index contributed by atoms with van der Waals surface area (Å²) in [4.78, 5) is 16.3. The van der Waals surface area contributed by atoms with Crippen molar-refractivity contribution >= 4 is 0 Å². The largest absolute Gasteiger partial charge is 0.411 e. The van der Waals surface area contributed by atoms with Gasteiger partial charge in [0, 0.05) is 22.6 Å². The van der Waals surface area contributed by atoms with Crippen molar-refractivity contribution in [1.82, 2.24) is 0 Å². The Kier molecular flexibility index (Phi) is 8.75. The average molecular weight is 530 g/mol. The molecular weight excluding hydrogens is 486 g/mol. The van der Waals surface area contributed by atoms with Gasteiger partial charge in [-0.15, -0.1) is 0 Å². The molecule has 6 N–H and O–H groups in total. The molecule has 0 spiro atoms. The highest BCUT2D eigenvalue weighted by atomic mass is 16.6. The van der Waals surface area contributed by atoms with Gasteiger partial charge in [-0.1, -0.05) is 68.9 Å². The van der Waals surface area contributed by atoms with E-state index >= 15 is 0 Å². The quantitative estimate of drug-likeness (QED) is 0.208. The molecule has 2 aliphatic carbocycles. The standard InChI is InChI=1S/C33H43N3O3/c1-21-17-31(38-35)28(23-11-5-3-6-12-23)19-26(21)33(25-15-9-10-16-30(25)37-34)27-20-29(24-13-7-4-8-14-24)32(39-36)18-22(27)2/h9-10,15-20,23-24,33H,3-8,11-14,34-36H2,1-2H3. The molecule has 0 atom stereocenters. The van der Waals surface area contributed by atoms with Gasteiger partial charge in [0.2, 0.25) is 0 Å². The third-order valence-corrected chi connectivity index (χ3v) is 9.12. The molecule has 0 aliphatic heterocycles. The molecule has 0 bridgehead atoms. The molecule has 0 amide bonds. The van der Waals surface area contributed by atoms with E-state index in [0.29, 0.717) is 17.6 Å². The van der Waals surface area contributed by atoms with Crippen LogP contribution in [0.2, 0.25) is 0 Å². The Hall–Kier alpha value is -3.06. The molecular formula is C33H43N3O3. The molecule has 2 saturated carbocycles. The van der Waals surface area contributed by atoms with Crippen LogP contribution in [0.1, 0.15) is 121 Å². The predicted molar refractivity (Wildman–Crippen MR) is 156 cm³/mol. The Morgan fingerprint density at radius 1 is 0.564 bits per heavy atom. The second-order valence-corrected chi connectivity index (χ2v) is 11.5. The lowest BCUT2D eigenvalue weighted by atomic mass is 9.75. The topological polar surface area (TPSA) is 106 Å². The minimum absolute atomic E-state index is 0.104. The van der Waals surface area contributed by atoms with Gasteiger partial charge < -0.3 is 14.5 Å². The van der Waals surface area contributed by atoms with E-state index in [4.69, 9.17) is 32.2 Å². The smallest absolute Gasteiger partial charge is 0.150 e. The van der Waals surface area contributed by atoms with E-state index in [-0.39, 0.29) is 5.92 Å². The van der Waals surface area contributed by atoms with Crippen LogP contribution < -0.4 is 32.2 Å². The molecule has 0 saturated heterocycles. The highest BCUT2D eigenvalue weighted by Crippen LogP contribution is 2.47. The van der Waals surface area contributed by atoms with Gasteiger partial charge in [-0.05, 0) is 91.8 Å². The molecule has 0 radical (unpaired) electrons. The Labute approximate surface area is 232 Å². The van der Waals surface area contributed by atoms with Crippen LogP contribution in [0.5, 0.6) is 17.2 Å². The van der Waals surface area contributed by atoms with Gasteiger partial charge in [-0.3, -0.25) is 0 Å². The first-order valence-electron chi connectivity index (χ1n) is 14.5. The molecule has 6 heteroatoms. The zero-order chi connectivity index (χ0) is 27.4. The summed E-state index contributed by atoms with van der Waals surface area (Å²) in [7, 11) is 0. The maximum atomic E-state index is 5.83. The molecule has 3 aromatic rings. The Morgan fingerprint density at radius 3 is 1.44 bits per heavy atom. The number of para-hydroxylation sites is 1. The van der Waals surface area contributed by atoms with Crippen molar-refractivity contribution in [3.8, 4) is 17.2 Å². The maximum absolute atomic E-state index is 5.83. The number of aryl methyl sites for hydroxylation is 2. The number of hydrogen-bond donors (Lipinski definition) is 3. The van der Waals surface area contributed by atoms with Crippen molar-refractivity contribution in [2.45, 2.75) is 95.8 Å². The number of nitrogens with two attached hydrogens (primary N) is 3. The number of benzene rings is 3. The fourth-order valence-corrected chi connectivity index (χ4v) is 7.05. The summed E-state index contributed by atoms with van der Waals surface area (Å²) in [5.74, 6) is 20.4. The lowest BCUT2D eigenvalue weighted by molar-refractivity contribution is 0.321. The summed E-state index contributed by atoms with van der Waals surface area (Å²) in [6.45, 7) is 4.27. The van der Waals surface area contributed by atoms with E-state index in [1.54, 1.807) is 0 Å². The molecule has 0 unspecified atom stereocenters. The predicted octanol–water partition coefficient (Wildman–Crippen LogP) is 7.34. The first-order chi connectivity index (χ1) is 19.0. The third kappa shape index (κ3) is 5.65. The SMILES string of the molecule is Cc1cc(ON)c(C2CCCCC2)cc1C(c1cc(C2CCCCC2)c(ON)cc1C)c1ccccc1ON. The Balaban J connectivity index is 1.73. The van der Waals surface area contributed by atoms with Crippen LogP contribution in [0, 0.1) is 13.8 Å². The van der Waals surface area contributed by atoms with E-state index in [2.05, 4.69) is 44.2 Å². The zero-order valence-corrected chi connectivity index (χ0v) is 23.4. The lowest BCUT2D eigenvalue weighted by Gasteiger charge is -2.30. The molecule has 3 aromatic carbocycles. The first kappa shape index (κ1) is 27.5. The maximum Gasteiger partial charge on any atom is 0.150 e. The summed E-state index contributed by atoms with van der Waals surface area (Å²) >= 11 is 0. The minimum atomic E-state index is -0.104. The fraction of sp³-hybridized carbons (Fsp3) is 0.455. The minimum Gasteiger partial charge on any atom is -0.411 e. The van der Waals surface area contributed by atoms with Gasteiger partial charge in [0.15, 0.2) is 17.2 Å². The fourth-order valence-electron chi connectivity index (χ4n) is 7.05. The van der Waals surface area contributed by atoms with Gasteiger partial charge in [-0.2, -0.15) is 17.7 Å². The molecule has 208 valence electrons. The van der Waals surface area contributed by atoms with Crippen molar-refractivity contribution in [3.05, 3.63) is 87.5 Å². The summed E-state index contributed by atoms with van der Waals surface area (Å²) in [5.41, 5.74) is 8.06. The lowest BCUT2D eigenvalue weighted by Crippen LogP contribution is -2.16. The normalized spacial score (nSPS) is 16.9. The van der Waals surface area contributed by atoms with Crippen LogP contribution >= 0.6 is 0 Å². The van der Waals surface area contributed by atoms with Crippen LogP contribution in [0.15, 0.2) is 48.5 Å². The molecule has 2 fully saturated rings. The summed E-state index contributed by atoms with van der Waals surface area (Å²) < 4.78 is 0. The van der Waals surface area contributed by atoms with Crippen LogP contribution in [0.25, 0.3) is 0 Å². The summed E-state index contributed by atoms with van der Waals surface area (Å²) in [6.07, 6.45) is 12.1. The van der Waals surface area contributed by atoms with Gasteiger partial charge in [-0.25, -0.2) is 0 Å². The van der Waals surface area contributed by atoms with Crippen molar-refractivity contribution in [2.75, 3.05) is 0 Å². The number of hydrogen-bond acceptors (Lipinski definition) is 6. The van der Waals surface area contributed by atoms with Crippen LogP contribution in [-0.2, 0) is 0 Å². The van der Waals surface area contributed by atoms with E-state index in [9.17, 15) is 0 Å². The zero-order valence-electron chi connectivity index (χ0n) is 23.4. The van der Waals surface area contributed by atoms with Gasteiger partial charge in [0.25, 0.3) is 0 Å². The third-order valence-electron chi connectivity index (χ3n) is 9.12. The molecule has 6 nitrogen and oxygen atoms in total. The Bertz CT molecular complexity index is 1200. The summed E-state index contributed by atoms with van der Waals surface area (Å²) in [5, 5.41) is 0. The van der Waals surface area contributed by atoms with Crippen molar-refractivity contribution in [1.29, 1.82) is 0 Å². The average Bonchev–Trinajstić information content (AvgIpc) is 2.99. The molecule has 2 aliphatic rings. The van der Waals surface area contributed by atoms with E-state index in [1.165, 1.54) is 60.8 Å². The van der Waals surface area contributed by atoms with E-state index in [0.717, 1.165) is 53.9 Å². The monoisotopic (exact) mass is 529 g/mol. The highest BCUT2D eigenvalue weighted by molar-refractivity contribution is 5.58. The summed E-state index contributed by atoms with van der Waals surface area (Å²) in [6, 6.07) is 16.9. The van der Waals surface area contributed by atoms with Crippen LogP contribution in [0.4, 0.5) is 0 Å². The van der Waals surface area contributed by atoms with Crippen LogP contribution in [0.3, 0.4) is 0 Å². The Morgan fingerprint density at radius 2 is 1.00 bits per heavy atom. The van der Waals surface area contributed by atoms with Gasteiger partial charge in [0.05, 0.1) is 0 Å². The van der Waals surface area contributed by atoms with Crippen molar-refractivity contribution < 1.29 is 14.5 Å². The molecule has 5 rings (SSSR count). The molecule has 0 heterocycles. The van der Waals surface area contributed by atoms with Crippen LogP contribution in [-0.4, -0.2) is 0 Å². The first-order valence-corrected chi connectivity index (χ1v) is 14.5. The van der Waals surface area contributed by atoms with Crippen molar-refractivity contribution in [3.63, 3.8) is 0 Å². The number of rotatable bonds is 8. The van der Waals surface area contributed by atoms with E-state index in [1.807, 2.05) is 18.2 Å². The van der Waals surface area contributed by atoms with Gasteiger partial charge >= 0.3 is 0 Å². The second kappa shape index (κ2) is 12.4. The highest BCUT2D eigenvalue weighted by Gasteiger charge is 2.30. The molecule has 0 aromatic heterocycles. The van der Waals surface area contributed by atoms with E-state index < -0.39 is 0 Å². The second-order valence-electron chi connectivity index (χ2n) is 11.5. The van der Waals surface area contributed by atoms with Crippen molar-refractivity contribution in [2.24, 2.45) is 17.7 Å².